The van der Waals surface area contributed by atoms with Crippen LogP contribution in [0.5, 0.6) is 0 Å². The van der Waals surface area contributed by atoms with Crippen molar-refractivity contribution in [3.8, 4) is 0 Å². The van der Waals surface area contributed by atoms with Gasteiger partial charge in [0, 0.05) is 13.5 Å². The predicted molar refractivity (Wildman–Crippen MR) is 80.5 cm³/mol. The summed E-state index contributed by atoms with van der Waals surface area (Å²) in [5, 5.41) is 9.36. The molecule has 0 heterocycles. The number of hydrogen-bond donors (Lipinski definition) is 1. The maximum Gasteiger partial charge on any atom is 0.410 e. The Kier molecular flexibility index (Phi) is 7.90. The van der Waals surface area contributed by atoms with Crippen molar-refractivity contribution in [1.29, 1.82) is 0 Å². The second-order valence-corrected chi connectivity index (χ2v) is 6.20. The van der Waals surface area contributed by atoms with Gasteiger partial charge in [0.05, 0.1) is 6.61 Å². The summed E-state index contributed by atoms with van der Waals surface area (Å²) in [5.74, 6) is -1.93. The lowest BCUT2D eigenvalue weighted by atomic mass is 9.95. The fourth-order valence-corrected chi connectivity index (χ4v) is 1.97. The van der Waals surface area contributed by atoms with E-state index in [0.29, 0.717) is 6.42 Å². The van der Waals surface area contributed by atoms with Crippen LogP contribution in [-0.2, 0) is 19.1 Å². The Labute approximate surface area is 131 Å². The number of rotatable bonds is 7. The highest BCUT2D eigenvalue weighted by Gasteiger charge is 2.34. The zero-order valence-corrected chi connectivity index (χ0v) is 14.2. The van der Waals surface area contributed by atoms with Crippen molar-refractivity contribution in [1.82, 2.24) is 4.90 Å². The SMILES string of the molecule is CCOC(=O)CCC(C)[C@@H](C(=O)O)N(C)C(=O)OC(C)(C)C. The second kappa shape index (κ2) is 8.60. The van der Waals surface area contributed by atoms with Gasteiger partial charge >= 0.3 is 18.0 Å². The lowest BCUT2D eigenvalue weighted by molar-refractivity contribution is -0.147. The van der Waals surface area contributed by atoms with E-state index in [1.54, 1.807) is 34.6 Å². The van der Waals surface area contributed by atoms with Gasteiger partial charge in [-0.3, -0.25) is 9.69 Å². The summed E-state index contributed by atoms with van der Waals surface area (Å²) in [4.78, 5) is 35.9. The van der Waals surface area contributed by atoms with E-state index in [1.165, 1.54) is 7.05 Å². The van der Waals surface area contributed by atoms with E-state index in [-0.39, 0.29) is 19.0 Å². The van der Waals surface area contributed by atoms with Crippen molar-refractivity contribution < 1.29 is 29.0 Å². The van der Waals surface area contributed by atoms with Gasteiger partial charge in [-0.15, -0.1) is 0 Å². The van der Waals surface area contributed by atoms with E-state index in [2.05, 4.69) is 0 Å². The maximum atomic E-state index is 12.0. The number of nitrogens with zero attached hydrogens (tertiary/aromatic N) is 1. The van der Waals surface area contributed by atoms with Crippen LogP contribution in [0, 0.1) is 5.92 Å². The number of carboxylic acids is 1. The highest BCUT2D eigenvalue weighted by molar-refractivity contribution is 5.80. The van der Waals surface area contributed by atoms with Gasteiger partial charge in [-0.25, -0.2) is 9.59 Å². The molecule has 0 aliphatic carbocycles. The molecular formula is C15H27NO6. The Balaban J connectivity index is 4.80. The van der Waals surface area contributed by atoms with Crippen LogP contribution in [0.2, 0.25) is 0 Å². The molecule has 128 valence electrons. The first kappa shape index (κ1) is 20.2. The van der Waals surface area contributed by atoms with Crippen molar-refractivity contribution in [2.45, 2.75) is 59.1 Å². The molecule has 0 aromatic rings. The highest BCUT2D eigenvalue weighted by atomic mass is 16.6. The summed E-state index contributed by atoms with van der Waals surface area (Å²) in [6, 6.07) is -1.07. The number of aliphatic carboxylic acids is 1. The quantitative estimate of drug-likeness (QED) is 0.724. The molecule has 1 amide bonds. The van der Waals surface area contributed by atoms with E-state index >= 15 is 0 Å². The van der Waals surface area contributed by atoms with Gasteiger partial charge in [0.25, 0.3) is 0 Å². The first-order valence-corrected chi connectivity index (χ1v) is 7.33. The first-order valence-electron chi connectivity index (χ1n) is 7.33. The van der Waals surface area contributed by atoms with Crippen molar-refractivity contribution in [2.75, 3.05) is 13.7 Å². The molecule has 0 radical (unpaired) electrons. The third-order valence-electron chi connectivity index (χ3n) is 3.00. The number of ether oxygens (including phenoxy) is 2. The van der Waals surface area contributed by atoms with Crippen LogP contribution >= 0.6 is 0 Å². The van der Waals surface area contributed by atoms with E-state index in [0.717, 1.165) is 4.90 Å². The van der Waals surface area contributed by atoms with Crippen molar-refractivity contribution in [2.24, 2.45) is 5.92 Å². The van der Waals surface area contributed by atoms with Gasteiger partial charge in [-0.2, -0.15) is 0 Å². The lowest BCUT2D eigenvalue weighted by Gasteiger charge is -2.31. The number of esters is 1. The Morgan fingerprint density at radius 3 is 2.18 bits per heavy atom. The Bertz CT molecular complexity index is 401. The molecule has 0 saturated heterocycles. The molecule has 22 heavy (non-hydrogen) atoms. The lowest BCUT2D eigenvalue weighted by Crippen LogP contribution is -2.48. The predicted octanol–water partition coefficient (Wildman–Crippen LogP) is 2.29. The van der Waals surface area contributed by atoms with Gasteiger partial charge in [0.15, 0.2) is 0 Å². The molecule has 0 aliphatic rings. The zero-order valence-electron chi connectivity index (χ0n) is 14.2. The van der Waals surface area contributed by atoms with Crippen LogP contribution < -0.4 is 0 Å². The maximum absolute atomic E-state index is 12.0. The molecule has 2 atom stereocenters. The topological polar surface area (TPSA) is 93.1 Å². The van der Waals surface area contributed by atoms with Crippen LogP contribution in [0.3, 0.4) is 0 Å². The fourth-order valence-electron chi connectivity index (χ4n) is 1.97. The van der Waals surface area contributed by atoms with Crippen LogP contribution in [0.25, 0.3) is 0 Å². The van der Waals surface area contributed by atoms with Crippen molar-refractivity contribution in [3.63, 3.8) is 0 Å². The van der Waals surface area contributed by atoms with Crippen LogP contribution in [0.15, 0.2) is 0 Å². The molecule has 0 aromatic heterocycles. The van der Waals surface area contributed by atoms with E-state index < -0.39 is 29.6 Å². The summed E-state index contributed by atoms with van der Waals surface area (Å²) < 4.78 is 9.99. The number of carboxylic acid groups (broad SMARTS) is 1. The molecule has 0 aliphatic heterocycles. The molecule has 0 saturated carbocycles. The fraction of sp³-hybridized carbons (Fsp3) is 0.800. The molecule has 1 N–H and O–H groups in total. The van der Waals surface area contributed by atoms with Gasteiger partial charge in [0.2, 0.25) is 0 Å². The number of hydrogen-bond acceptors (Lipinski definition) is 5. The van der Waals surface area contributed by atoms with Crippen LogP contribution in [0.4, 0.5) is 4.79 Å². The Hall–Kier alpha value is -1.79. The normalized spacial score (nSPS) is 13.9. The first-order chi connectivity index (χ1) is 9.99. The summed E-state index contributed by atoms with van der Waals surface area (Å²) in [6.45, 7) is 8.79. The minimum atomic E-state index is -1.13. The third kappa shape index (κ3) is 7.28. The van der Waals surface area contributed by atoms with Gasteiger partial charge in [0.1, 0.15) is 11.6 Å². The number of amides is 1. The number of carbonyl (C=O) groups excluding carboxylic acids is 2. The molecule has 0 bridgehead atoms. The van der Waals surface area contributed by atoms with Crippen molar-refractivity contribution >= 4 is 18.0 Å². The standard InChI is InChI=1S/C15H27NO6/c1-7-21-11(17)9-8-10(2)12(13(18)19)16(6)14(20)22-15(3,4)5/h10,12H,7-9H2,1-6H3,(H,18,19)/t10?,12-/m0/s1. The molecule has 0 fully saturated rings. The molecule has 0 aromatic carbocycles. The summed E-state index contributed by atoms with van der Waals surface area (Å²) in [7, 11) is 1.38. The van der Waals surface area contributed by atoms with Crippen LogP contribution in [0.1, 0.15) is 47.5 Å². The number of likely N-dealkylation sites (N-methyl/N-ethyl adjacent to an activating group) is 1. The molecule has 1 unspecified atom stereocenters. The van der Waals surface area contributed by atoms with Crippen LogP contribution in [-0.4, -0.2) is 53.3 Å². The monoisotopic (exact) mass is 317 g/mol. The zero-order chi connectivity index (χ0) is 17.5. The highest BCUT2D eigenvalue weighted by Crippen LogP contribution is 2.19. The smallest absolute Gasteiger partial charge is 0.410 e. The largest absolute Gasteiger partial charge is 0.480 e. The summed E-state index contributed by atoms with van der Waals surface area (Å²) in [6.07, 6.45) is -0.285. The van der Waals surface area contributed by atoms with E-state index in [9.17, 15) is 19.5 Å². The minimum Gasteiger partial charge on any atom is -0.480 e. The third-order valence-corrected chi connectivity index (χ3v) is 3.00. The Morgan fingerprint density at radius 2 is 1.77 bits per heavy atom. The minimum absolute atomic E-state index is 0.112. The van der Waals surface area contributed by atoms with E-state index in [4.69, 9.17) is 9.47 Å². The molecule has 7 nitrogen and oxygen atoms in total. The van der Waals surface area contributed by atoms with Gasteiger partial charge < -0.3 is 14.6 Å². The second-order valence-electron chi connectivity index (χ2n) is 6.20. The van der Waals surface area contributed by atoms with Gasteiger partial charge in [-0.05, 0) is 40.0 Å². The summed E-state index contributed by atoms with van der Waals surface area (Å²) >= 11 is 0. The number of carbonyl (C=O) groups is 3. The Morgan fingerprint density at radius 1 is 1.23 bits per heavy atom. The molecular weight excluding hydrogens is 290 g/mol. The molecule has 7 heteroatoms. The molecule has 0 spiro atoms. The average molecular weight is 317 g/mol. The molecule has 0 rings (SSSR count). The van der Waals surface area contributed by atoms with Gasteiger partial charge in [-0.1, -0.05) is 6.92 Å². The van der Waals surface area contributed by atoms with E-state index in [1.807, 2.05) is 0 Å². The van der Waals surface area contributed by atoms with Crippen molar-refractivity contribution in [3.05, 3.63) is 0 Å². The average Bonchev–Trinajstić information content (AvgIpc) is 2.34. The summed E-state index contributed by atoms with van der Waals surface area (Å²) in [5.41, 5.74) is -0.706.